The molecule has 3 N–H and O–H groups in total. The molecule has 1 aliphatic rings. The van der Waals surface area contributed by atoms with Crippen molar-refractivity contribution in [3.05, 3.63) is 65.7 Å². The molecule has 0 aliphatic carbocycles. The summed E-state index contributed by atoms with van der Waals surface area (Å²) in [5.41, 5.74) is -2.25. The van der Waals surface area contributed by atoms with Crippen molar-refractivity contribution in [2.24, 2.45) is 0 Å². The molecular formula is C17H18O6. The third-order valence-corrected chi connectivity index (χ3v) is 4.18. The van der Waals surface area contributed by atoms with E-state index in [4.69, 9.17) is 14.2 Å². The summed E-state index contributed by atoms with van der Waals surface area (Å²) in [6, 6.07) is 14.4. The molecular weight excluding hydrogens is 300 g/mol. The Kier molecular flexibility index (Phi) is 3.66. The van der Waals surface area contributed by atoms with E-state index in [2.05, 4.69) is 0 Å². The van der Waals surface area contributed by atoms with Crippen LogP contribution in [0, 0.1) is 0 Å². The van der Waals surface area contributed by atoms with Gasteiger partial charge in [0, 0.05) is 14.2 Å². The number of hydrogen-bond acceptors (Lipinski definition) is 6. The summed E-state index contributed by atoms with van der Waals surface area (Å²) in [6.45, 7) is 0. The molecule has 0 radical (unpaired) electrons. The van der Waals surface area contributed by atoms with Gasteiger partial charge in [-0.1, -0.05) is 42.5 Å². The number of fused-ring (bicyclic) bond motifs is 1. The Morgan fingerprint density at radius 2 is 1.39 bits per heavy atom. The molecule has 0 fully saturated rings. The van der Waals surface area contributed by atoms with Gasteiger partial charge in [0.15, 0.2) is 0 Å². The molecule has 2 aromatic rings. The fourth-order valence-corrected chi connectivity index (χ4v) is 2.99. The summed E-state index contributed by atoms with van der Waals surface area (Å²) >= 11 is 0. The summed E-state index contributed by atoms with van der Waals surface area (Å²) in [6.07, 6.45) is 0. The lowest BCUT2D eigenvalue weighted by Gasteiger charge is -2.52. The predicted molar refractivity (Wildman–Crippen MR) is 80.3 cm³/mol. The van der Waals surface area contributed by atoms with E-state index in [0.29, 0.717) is 0 Å². The fourth-order valence-electron chi connectivity index (χ4n) is 2.99. The van der Waals surface area contributed by atoms with Crippen molar-refractivity contribution in [3.63, 3.8) is 0 Å². The van der Waals surface area contributed by atoms with Gasteiger partial charge in [-0.2, -0.15) is 0 Å². The largest absolute Gasteiger partial charge is 0.436 e. The first-order valence-electron chi connectivity index (χ1n) is 7.04. The molecule has 23 heavy (non-hydrogen) atoms. The van der Waals surface area contributed by atoms with Crippen LogP contribution in [-0.4, -0.2) is 35.5 Å². The quantitative estimate of drug-likeness (QED) is 0.733. The van der Waals surface area contributed by atoms with Crippen molar-refractivity contribution in [2.75, 3.05) is 14.2 Å². The van der Waals surface area contributed by atoms with Gasteiger partial charge >= 0.3 is 5.97 Å². The first-order chi connectivity index (χ1) is 10.9. The minimum atomic E-state index is -2.71. The smallest absolute Gasteiger partial charge is 0.367 e. The Labute approximate surface area is 133 Å². The maximum Gasteiger partial charge on any atom is 0.367 e. The molecule has 122 valence electrons. The number of aliphatic hydroxyl groups is 3. The first-order valence-corrected chi connectivity index (χ1v) is 7.04. The molecule has 0 bridgehead atoms. The maximum atomic E-state index is 11.4. The summed E-state index contributed by atoms with van der Waals surface area (Å²) in [4.78, 5) is 0. The van der Waals surface area contributed by atoms with Crippen molar-refractivity contribution in [1.82, 2.24) is 0 Å². The third kappa shape index (κ3) is 1.94. The van der Waals surface area contributed by atoms with Gasteiger partial charge in [-0.3, -0.25) is 0 Å². The van der Waals surface area contributed by atoms with Crippen LogP contribution in [0.2, 0.25) is 0 Å². The SMILES string of the molecule is COC1(OC)Oc2ccccc2C(O)(O)C1(O)c1ccccc1. The van der Waals surface area contributed by atoms with Crippen LogP contribution in [0.3, 0.4) is 0 Å². The lowest BCUT2D eigenvalue weighted by molar-refractivity contribution is -0.473. The van der Waals surface area contributed by atoms with E-state index in [1.807, 2.05) is 0 Å². The van der Waals surface area contributed by atoms with Crippen LogP contribution < -0.4 is 4.74 Å². The lowest BCUT2D eigenvalue weighted by atomic mass is 9.77. The highest BCUT2D eigenvalue weighted by molar-refractivity contribution is 5.45. The highest BCUT2D eigenvalue weighted by Crippen LogP contribution is 2.54. The molecule has 3 rings (SSSR count). The Bertz CT molecular complexity index is 695. The van der Waals surface area contributed by atoms with Gasteiger partial charge < -0.3 is 29.5 Å². The van der Waals surface area contributed by atoms with Gasteiger partial charge in [0.2, 0.25) is 11.4 Å². The predicted octanol–water partition coefficient (Wildman–Crippen LogP) is 1.05. The van der Waals surface area contributed by atoms with Crippen molar-refractivity contribution in [1.29, 1.82) is 0 Å². The number of para-hydroxylation sites is 1. The van der Waals surface area contributed by atoms with E-state index in [1.165, 1.54) is 38.5 Å². The molecule has 6 heteroatoms. The molecule has 2 aromatic carbocycles. The molecule has 1 unspecified atom stereocenters. The van der Waals surface area contributed by atoms with Crippen molar-refractivity contribution >= 4 is 0 Å². The minimum Gasteiger partial charge on any atom is -0.436 e. The highest BCUT2D eigenvalue weighted by Gasteiger charge is 2.71. The van der Waals surface area contributed by atoms with Gasteiger partial charge in [0.25, 0.3) is 0 Å². The van der Waals surface area contributed by atoms with Crippen molar-refractivity contribution < 1.29 is 29.5 Å². The normalized spacial score (nSPS) is 24.6. The molecule has 0 spiro atoms. The zero-order valence-electron chi connectivity index (χ0n) is 12.8. The zero-order chi connectivity index (χ0) is 16.7. The van der Waals surface area contributed by atoms with Crippen LogP contribution in [0.5, 0.6) is 5.75 Å². The van der Waals surface area contributed by atoms with E-state index < -0.39 is 17.4 Å². The number of methoxy groups -OCH3 is 2. The summed E-state index contributed by atoms with van der Waals surface area (Å²) in [5, 5.41) is 33.1. The molecule has 0 amide bonds. The van der Waals surface area contributed by atoms with Crippen molar-refractivity contribution in [3.8, 4) is 5.75 Å². The Hall–Kier alpha value is -1.96. The van der Waals surface area contributed by atoms with E-state index in [-0.39, 0.29) is 16.9 Å². The summed E-state index contributed by atoms with van der Waals surface area (Å²) in [7, 11) is 2.50. The van der Waals surface area contributed by atoms with Gasteiger partial charge in [0.05, 0.1) is 5.56 Å². The Balaban J connectivity index is 2.34. The molecule has 0 saturated carbocycles. The second-order valence-corrected chi connectivity index (χ2v) is 5.31. The van der Waals surface area contributed by atoms with Crippen LogP contribution in [0.1, 0.15) is 11.1 Å². The molecule has 1 atom stereocenters. The lowest BCUT2D eigenvalue weighted by Crippen LogP contribution is -2.70. The molecule has 1 heterocycles. The van der Waals surface area contributed by atoms with Crippen LogP contribution in [0.4, 0.5) is 0 Å². The highest BCUT2D eigenvalue weighted by atomic mass is 16.9. The Morgan fingerprint density at radius 3 is 2.00 bits per heavy atom. The molecule has 0 aromatic heterocycles. The second-order valence-electron chi connectivity index (χ2n) is 5.31. The first kappa shape index (κ1) is 15.9. The average molecular weight is 318 g/mol. The minimum absolute atomic E-state index is 0.0103. The number of ether oxygens (including phenoxy) is 3. The molecule has 6 nitrogen and oxygen atoms in total. The average Bonchev–Trinajstić information content (AvgIpc) is 2.59. The second kappa shape index (κ2) is 5.30. The Morgan fingerprint density at radius 1 is 0.826 bits per heavy atom. The number of rotatable bonds is 3. The van der Waals surface area contributed by atoms with Crippen molar-refractivity contribution in [2.45, 2.75) is 17.4 Å². The van der Waals surface area contributed by atoms with Gasteiger partial charge in [-0.15, -0.1) is 0 Å². The van der Waals surface area contributed by atoms with Crippen LogP contribution in [0.15, 0.2) is 54.6 Å². The van der Waals surface area contributed by atoms with Crippen LogP contribution in [-0.2, 0) is 20.9 Å². The summed E-state index contributed by atoms with van der Waals surface area (Å²) < 4.78 is 16.3. The van der Waals surface area contributed by atoms with E-state index >= 15 is 0 Å². The number of benzene rings is 2. The van der Waals surface area contributed by atoms with Gasteiger partial charge in [0.1, 0.15) is 5.75 Å². The monoisotopic (exact) mass is 318 g/mol. The molecule has 1 aliphatic heterocycles. The van der Waals surface area contributed by atoms with E-state index in [9.17, 15) is 15.3 Å². The van der Waals surface area contributed by atoms with Crippen LogP contribution >= 0.6 is 0 Å². The summed E-state index contributed by atoms with van der Waals surface area (Å²) in [5.74, 6) is -4.72. The molecule has 0 saturated heterocycles. The fraction of sp³-hybridized carbons (Fsp3) is 0.294. The maximum absolute atomic E-state index is 11.4. The van der Waals surface area contributed by atoms with E-state index in [0.717, 1.165) is 0 Å². The van der Waals surface area contributed by atoms with E-state index in [1.54, 1.807) is 30.3 Å². The van der Waals surface area contributed by atoms with Crippen LogP contribution in [0.25, 0.3) is 0 Å². The van der Waals surface area contributed by atoms with Gasteiger partial charge in [-0.05, 0) is 17.7 Å². The topological polar surface area (TPSA) is 88.4 Å². The van der Waals surface area contributed by atoms with Gasteiger partial charge in [-0.25, -0.2) is 0 Å². The third-order valence-electron chi connectivity index (χ3n) is 4.18. The zero-order valence-corrected chi connectivity index (χ0v) is 12.8. The number of hydrogen-bond donors (Lipinski definition) is 3. The standard InChI is InChI=1S/C17H18O6/c1-21-17(22-2)15(18,12-8-4-3-5-9-12)16(19,20)13-10-6-7-11-14(13)23-17/h3-11,18-20H,1-2H3.